The first-order chi connectivity index (χ1) is 12.5. The second-order valence-corrected chi connectivity index (χ2v) is 5.89. The lowest BCUT2D eigenvalue weighted by atomic mass is 10.2. The quantitative estimate of drug-likeness (QED) is 0.763. The number of carbonyl (C=O) groups is 1. The fraction of sp³-hybridized carbons (Fsp3) is 0.263. The summed E-state index contributed by atoms with van der Waals surface area (Å²) in [5.74, 6) is 0.973. The molecular weight excluding hydrogens is 330 g/mol. The van der Waals surface area contributed by atoms with Crippen LogP contribution in [0.4, 0.5) is 5.69 Å². The lowest BCUT2D eigenvalue weighted by Gasteiger charge is -2.07. The van der Waals surface area contributed by atoms with Crippen LogP contribution < -0.4 is 10.1 Å². The monoisotopic (exact) mass is 351 g/mol. The van der Waals surface area contributed by atoms with Crippen molar-refractivity contribution in [2.45, 2.75) is 27.7 Å². The van der Waals surface area contributed by atoms with Crippen LogP contribution in [0.2, 0.25) is 0 Å². The van der Waals surface area contributed by atoms with Crippen molar-refractivity contribution in [1.82, 2.24) is 19.7 Å². The Bertz CT molecular complexity index is 914. The van der Waals surface area contributed by atoms with Gasteiger partial charge in [-0.15, -0.1) is 0 Å². The lowest BCUT2D eigenvalue weighted by molar-refractivity contribution is 0.102. The molecule has 3 aromatic rings. The normalized spacial score (nSPS) is 10.6. The molecule has 0 atom stereocenters. The summed E-state index contributed by atoms with van der Waals surface area (Å²) < 4.78 is 7.07. The number of amides is 1. The molecule has 134 valence electrons. The van der Waals surface area contributed by atoms with Crippen LogP contribution in [0.25, 0.3) is 5.95 Å². The average molecular weight is 351 g/mol. The van der Waals surface area contributed by atoms with Gasteiger partial charge in [0, 0.05) is 11.3 Å². The maximum absolute atomic E-state index is 12.3. The van der Waals surface area contributed by atoms with Crippen LogP contribution in [-0.2, 0) is 0 Å². The number of hydrogen-bond donors (Lipinski definition) is 1. The van der Waals surface area contributed by atoms with Crippen molar-refractivity contribution in [3.63, 3.8) is 0 Å². The second kappa shape index (κ2) is 7.35. The van der Waals surface area contributed by atoms with E-state index in [0.717, 1.165) is 22.7 Å². The van der Waals surface area contributed by atoms with E-state index in [-0.39, 0.29) is 5.91 Å². The van der Waals surface area contributed by atoms with Gasteiger partial charge in [0.15, 0.2) is 0 Å². The Morgan fingerprint density at radius 2 is 1.77 bits per heavy atom. The Morgan fingerprint density at radius 1 is 1.12 bits per heavy atom. The first-order valence-corrected chi connectivity index (χ1v) is 8.39. The van der Waals surface area contributed by atoms with Crippen molar-refractivity contribution in [1.29, 1.82) is 0 Å². The Morgan fingerprint density at radius 3 is 2.31 bits per heavy atom. The highest BCUT2D eigenvalue weighted by atomic mass is 16.5. The standard InChI is InChI=1S/C19H21N5O2/c1-5-26-17-8-6-15(7-9-17)18(25)22-16-10-20-19(21-11-16)24-14(4)12(2)13(3)23-24/h6-11H,5H2,1-4H3,(H,22,25). The largest absolute Gasteiger partial charge is 0.494 e. The van der Waals surface area contributed by atoms with Gasteiger partial charge in [-0.3, -0.25) is 4.79 Å². The number of carbonyl (C=O) groups excluding carboxylic acids is 1. The molecule has 1 aromatic carbocycles. The van der Waals surface area contributed by atoms with Crippen LogP contribution in [0.1, 0.15) is 34.2 Å². The summed E-state index contributed by atoms with van der Waals surface area (Å²) in [6, 6.07) is 6.97. The molecule has 2 heterocycles. The summed E-state index contributed by atoms with van der Waals surface area (Å²) >= 11 is 0. The molecule has 0 unspecified atom stereocenters. The fourth-order valence-corrected chi connectivity index (χ4v) is 2.48. The number of aromatic nitrogens is 4. The zero-order chi connectivity index (χ0) is 18.7. The summed E-state index contributed by atoms with van der Waals surface area (Å²) in [4.78, 5) is 20.9. The number of nitrogens with one attached hydrogen (secondary N) is 1. The van der Waals surface area contributed by atoms with E-state index in [9.17, 15) is 4.79 Å². The summed E-state index contributed by atoms with van der Waals surface area (Å²) in [5.41, 5.74) is 4.10. The topological polar surface area (TPSA) is 81.9 Å². The Kier molecular flexibility index (Phi) is 4.97. The molecule has 0 bridgehead atoms. The highest BCUT2D eigenvalue weighted by molar-refractivity contribution is 6.04. The molecule has 7 nitrogen and oxygen atoms in total. The highest BCUT2D eigenvalue weighted by Crippen LogP contribution is 2.16. The van der Waals surface area contributed by atoms with Crippen LogP contribution in [0, 0.1) is 20.8 Å². The second-order valence-electron chi connectivity index (χ2n) is 5.89. The first-order valence-electron chi connectivity index (χ1n) is 8.39. The minimum Gasteiger partial charge on any atom is -0.494 e. The number of hydrogen-bond acceptors (Lipinski definition) is 5. The number of ether oxygens (including phenoxy) is 1. The third-order valence-corrected chi connectivity index (χ3v) is 4.17. The minimum absolute atomic E-state index is 0.230. The Labute approximate surface area is 152 Å². The molecule has 1 N–H and O–H groups in total. The summed E-state index contributed by atoms with van der Waals surface area (Å²) in [5, 5.41) is 7.22. The van der Waals surface area contributed by atoms with Crippen LogP contribution in [0.5, 0.6) is 5.75 Å². The maximum atomic E-state index is 12.3. The van der Waals surface area contributed by atoms with Gasteiger partial charge in [-0.05, 0) is 57.5 Å². The van der Waals surface area contributed by atoms with E-state index < -0.39 is 0 Å². The van der Waals surface area contributed by atoms with Crippen LogP contribution >= 0.6 is 0 Å². The molecule has 0 spiro atoms. The molecule has 0 aliphatic heterocycles. The third-order valence-electron chi connectivity index (χ3n) is 4.17. The molecule has 26 heavy (non-hydrogen) atoms. The Balaban J connectivity index is 1.72. The van der Waals surface area contributed by atoms with E-state index >= 15 is 0 Å². The molecule has 7 heteroatoms. The predicted octanol–water partition coefficient (Wildman–Crippen LogP) is 3.24. The van der Waals surface area contributed by atoms with Crippen molar-refractivity contribution < 1.29 is 9.53 Å². The zero-order valence-corrected chi connectivity index (χ0v) is 15.3. The lowest BCUT2D eigenvalue weighted by Crippen LogP contribution is -2.13. The van der Waals surface area contributed by atoms with Crippen molar-refractivity contribution >= 4 is 11.6 Å². The number of benzene rings is 1. The van der Waals surface area contributed by atoms with Gasteiger partial charge in [0.1, 0.15) is 5.75 Å². The van der Waals surface area contributed by atoms with Gasteiger partial charge in [0.2, 0.25) is 0 Å². The molecule has 0 fully saturated rings. The summed E-state index contributed by atoms with van der Waals surface area (Å²) in [6.45, 7) is 8.44. The van der Waals surface area contributed by atoms with Gasteiger partial charge in [-0.1, -0.05) is 0 Å². The van der Waals surface area contributed by atoms with E-state index in [2.05, 4.69) is 20.4 Å². The average Bonchev–Trinajstić information content (AvgIpc) is 2.91. The summed E-state index contributed by atoms with van der Waals surface area (Å²) in [6.07, 6.45) is 3.14. The third kappa shape index (κ3) is 3.56. The number of rotatable bonds is 5. The highest BCUT2D eigenvalue weighted by Gasteiger charge is 2.12. The maximum Gasteiger partial charge on any atom is 0.255 e. The molecule has 0 saturated carbocycles. The van der Waals surface area contributed by atoms with Gasteiger partial charge in [0.25, 0.3) is 11.9 Å². The smallest absolute Gasteiger partial charge is 0.255 e. The number of anilines is 1. The Hall–Kier alpha value is -3.22. The molecule has 0 aliphatic carbocycles. The van der Waals surface area contributed by atoms with Gasteiger partial charge in [0.05, 0.1) is 30.4 Å². The first kappa shape index (κ1) is 17.6. The molecule has 0 saturated heterocycles. The molecule has 1 amide bonds. The van der Waals surface area contributed by atoms with Gasteiger partial charge in [-0.2, -0.15) is 5.10 Å². The molecule has 0 radical (unpaired) electrons. The van der Waals surface area contributed by atoms with Crippen molar-refractivity contribution in [2.24, 2.45) is 0 Å². The molecule has 3 rings (SSSR count). The SMILES string of the molecule is CCOc1ccc(C(=O)Nc2cnc(-n3nc(C)c(C)c3C)nc2)cc1. The van der Waals surface area contributed by atoms with Gasteiger partial charge < -0.3 is 10.1 Å². The fourth-order valence-electron chi connectivity index (χ4n) is 2.48. The van der Waals surface area contributed by atoms with Crippen molar-refractivity contribution in [3.8, 4) is 11.7 Å². The zero-order valence-electron chi connectivity index (χ0n) is 15.3. The van der Waals surface area contributed by atoms with E-state index in [1.54, 1.807) is 41.3 Å². The van der Waals surface area contributed by atoms with Gasteiger partial charge >= 0.3 is 0 Å². The molecule has 2 aromatic heterocycles. The van der Waals surface area contributed by atoms with Crippen LogP contribution in [-0.4, -0.2) is 32.3 Å². The number of aryl methyl sites for hydroxylation is 1. The summed E-state index contributed by atoms with van der Waals surface area (Å²) in [7, 11) is 0. The van der Waals surface area contributed by atoms with E-state index in [0.29, 0.717) is 23.8 Å². The van der Waals surface area contributed by atoms with Crippen molar-refractivity contribution in [2.75, 3.05) is 11.9 Å². The van der Waals surface area contributed by atoms with E-state index in [4.69, 9.17) is 4.74 Å². The van der Waals surface area contributed by atoms with Crippen LogP contribution in [0.3, 0.4) is 0 Å². The van der Waals surface area contributed by atoms with E-state index in [1.807, 2.05) is 27.7 Å². The van der Waals surface area contributed by atoms with Gasteiger partial charge in [-0.25, -0.2) is 14.6 Å². The number of nitrogens with zero attached hydrogens (tertiary/aromatic N) is 4. The molecular formula is C19H21N5O2. The van der Waals surface area contributed by atoms with E-state index in [1.165, 1.54) is 0 Å². The predicted molar refractivity (Wildman–Crippen MR) is 98.9 cm³/mol. The minimum atomic E-state index is -0.230. The van der Waals surface area contributed by atoms with Crippen LogP contribution in [0.15, 0.2) is 36.7 Å². The van der Waals surface area contributed by atoms with Crippen molar-refractivity contribution in [3.05, 3.63) is 59.2 Å². The molecule has 0 aliphatic rings.